The zero-order valence-electron chi connectivity index (χ0n) is 15.5. The molecule has 0 radical (unpaired) electrons. The average Bonchev–Trinajstić information content (AvgIpc) is 2.65. The summed E-state index contributed by atoms with van der Waals surface area (Å²) in [5, 5.41) is 0. The Labute approximate surface area is 137 Å². The van der Waals surface area contributed by atoms with Crippen molar-refractivity contribution < 1.29 is 9.53 Å². The van der Waals surface area contributed by atoms with Gasteiger partial charge in [-0.25, -0.2) is 0 Å². The largest absolute Gasteiger partial charge is 0.461 e. The van der Waals surface area contributed by atoms with Crippen LogP contribution in [0.4, 0.5) is 0 Å². The molecule has 0 aliphatic heterocycles. The molecule has 3 atom stereocenters. The fraction of sp³-hybridized carbons (Fsp3) is 0.850. The highest BCUT2D eigenvalue weighted by atomic mass is 16.5. The summed E-state index contributed by atoms with van der Waals surface area (Å²) in [5.74, 6) is 1.89. The maximum Gasteiger partial charge on any atom is 0.306 e. The van der Waals surface area contributed by atoms with Gasteiger partial charge in [-0.1, -0.05) is 59.6 Å². The Morgan fingerprint density at radius 2 is 1.91 bits per heavy atom. The predicted octanol–water partition coefficient (Wildman–Crippen LogP) is 5.76. The SMILES string of the molecule is CCC1=CC(C(OC(=O)CC(C)C)C(C)C)CCC(CC)C1. The van der Waals surface area contributed by atoms with Gasteiger partial charge in [0.1, 0.15) is 6.10 Å². The van der Waals surface area contributed by atoms with Crippen molar-refractivity contribution >= 4 is 5.97 Å². The van der Waals surface area contributed by atoms with Crippen molar-refractivity contribution in [2.24, 2.45) is 23.7 Å². The molecule has 0 spiro atoms. The molecule has 3 unspecified atom stereocenters. The lowest BCUT2D eigenvalue weighted by Crippen LogP contribution is -2.31. The minimum absolute atomic E-state index is 0.0309. The summed E-state index contributed by atoms with van der Waals surface area (Å²) < 4.78 is 5.90. The van der Waals surface area contributed by atoms with Crippen LogP contribution in [0.5, 0.6) is 0 Å². The number of ether oxygens (including phenoxy) is 1. The number of rotatable bonds is 7. The van der Waals surface area contributed by atoms with Crippen molar-refractivity contribution in [3.8, 4) is 0 Å². The molecule has 0 N–H and O–H groups in total. The third-order valence-electron chi connectivity index (χ3n) is 4.86. The molecule has 128 valence electrons. The van der Waals surface area contributed by atoms with Gasteiger partial charge >= 0.3 is 5.97 Å². The number of allylic oxidation sites excluding steroid dienone is 1. The molecule has 2 heteroatoms. The molecule has 2 nitrogen and oxygen atoms in total. The van der Waals surface area contributed by atoms with E-state index >= 15 is 0 Å². The topological polar surface area (TPSA) is 26.3 Å². The van der Waals surface area contributed by atoms with E-state index in [0.717, 1.165) is 18.8 Å². The Morgan fingerprint density at radius 3 is 2.41 bits per heavy atom. The summed E-state index contributed by atoms with van der Waals surface area (Å²) >= 11 is 0. The van der Waals surface area contributed by atoms with Crippen LogP contribution < -0.4 is 0 Å². The van der Waals surface area contributed by atoms with E-state index < -0.39 is 0 Å². The van der Waals surface area contributed by atoms with Gasteiger partial charge in [-0.05, 0) is 43.4 Å². The van der Waals surface area contributed by atoms with E-state index in [0.29, 0.717) is 24.2 Å². The van der Waals surface area contributed by atoms with Gasteiger partial charge in [-0.2, -0.15) is 0 Å². The lowest BCUT2D eigenvalue weighted by atomic mass is 9.88. The molecule has 0 aromatic rings. The molecule has 0 saturated carbocycles. The molecule has 1 aliphatic carbocycles. The maximum absolute atomic E-state index is 12.1. The Bertz CT molecular complexity index is 368. The molecular weight excluding hydrogens is 272 g/mol. The van der Waals surface area contributed by atoms with Crippen LogP contribution in [0.3, 0.4) is 0 Å². The molecule has 0 aromatic heterocycles. The van der Waals surface area contributed by atoms with E-state index in [-0.39, 0.29) is 12.1 Å². The molecule has 0 heterocycles. The first kappa shape index (κ1) is 19.3. The summed E-state index contributed by atoms with van der Waals surface area (Å²) in [4.78, 5) is 12.1. The number of hydrogen-bond donors (Lipinski definition) is 0. The lowest BCUT2D eigenvalue weighted by molar-refractivity contribution is -0.154. The van der Waals surface area contributed by atoms with Gasteiger partial charge in [0.2, 0.25) is 0 Å². The molecular formula is C20H36O2. The summed E-state index contributed by atoms with van der Waals surface area (Å²) in [5.41, 5.74) is 1.56. The molecule has 0 aromatic carbocycles. The predicted molar refractivity (Wildman–Crippen MR) is 93.7 cm³/mol. The van der Waals surface area contributed by atoms with Gasteiger partial charge in [0.05, 0.1) is 0 Å². The van der Waals surface area contributed by atoms with Crippen LogP contribution in [-0.2, 0) is 9.53 Å². The van der Waals surface area contributed by atoms with Crippen LogP contribution >= 0.6 is 0 Å². The smallest absolute Gasteiger partial charge is 0.306 e. The number of hydrogen-bond acceptors (Lipinski definition) is 2. The number of esters is 1. The number of carbonyl (C=O) groups excluding carboxylic acids is 1. The van der Waals surface area contributed by atoms with Crippen molar-refractivity contribution in [3.05, 3.63) is 11.6 Å². The van der Waals surface area contributed by atoms with E-state index in [1.165, 1.54) is 19.3 Å². The van der Waals surface area contributed by atoms with Gasteiger partial charge in [0, 0.05) is 12.3 Å². The second-order valence-electron chi connectivity index (χ2n) is 7.69. The molecule has 0 fully saturated rings. The van der Waals surface area contributed by atoms with Gasteiger partial charge in [0.15, 0.2) is 0 Å². The molecule has 0 bridgehead atoms. The fourth-order valence-electron chi connectivity index (χ4n) is 3.48. The third-order valence-corrected chi connectivity index (χ3v) is 4.86. The zero-order valence-corrected chi connectivity index (χ0v) is 15.5. The van der Waals surface area contributed by atoms with Gasteiger partial charge in [0.25, 0.3) is 0 Å². The standard InChI is InChI=1S/C20H36O2/c1-7-16-9-10-18(13-17(8-2)12-16)20(15(5)6)22-19(21)11-14(3)4/h13-16,18,20H,7-12H2,1-6H3. The normalized spacial score (nSPS) is 24.1. The Hall–Kier alpha value is -0.790. The van der Waals surface area contributed by atoms with Gasteiger partial charge in [-0.15, -0.1) is 0 Å². The van der Waals surface area contributed by atoms with Crippen LogP contribution in [-0.4, -0.2) is 12.1 Å². The minimum Gasteiger partial charge on any atom is -0.461 e. The van der Waals surface area contributed by atoms with Crippen molar-refractivity contribution in [2.75, 3.05) is 0 Å². The Kier molecular flexibility index (Phi) is 8.20. The highest BCUT2D eigenvalue weighted by Crippen LogP contribution is 2.34. The van der Waals surface area contributed by atoms with Crippen LogP contribution in [0.25, 0.3) is 0 Å². The summed E-state index contributed by atoms with van der Waals surface area (Å²) in [6.45, 7) is 13.0. The van der Waals surface area contributed by atoms with Gasteiger partial charge < -0.3 is 4.74 Å². The third kappa shape index (κ3) is 6.14. The summed E-state index contributed by atoms with van der Waals surface area (Å²) in [6, 6.07) is 0. The van der Waals surface area contributed by atoms with Crippen LogP contribution in [0.2, 0.25) is 0 Å². The van der Waals surface area contributed by atoms with Crippen molar-refractivity contribution in [2.45, 2.75) is 86.2 Å². The fourth-order valence-corrected chi connectivity index (χ4v) is 3.48. The first-order chi connectivity index (χ1) is 10.4. The Morgan fingerprint density at radius 1 is 1.23 bits per heavy atom. The van der Waals surface area contributed by atoms with Crippen molar-refractivity contribution in [1.29, 1.82) is 0 Å². The quantitative estimate of drug-likeness (QED) is 0.441. The second kappa shape index (κ2) is 9.37. The van der Waals surface area contributed by atoms with E-state index in [4.69, 9.17) is 4.74 Å². The Balaban J connectivity index is 2.83. The monoisotopic (exact) mass is 308 g/mol. The summed E-state index contributed by atoms with van der Waals surface area (Å²) in [6.07, 6.45) is 9.01. The van der Waals surface area contributed by atoms with Crippen molar-refractivity contribution in [1.82, 2.24) is 0 Å². The zero-order chi connectivity index (χ0) is 16.7. The van der Waals surface area contributed by atoms with E-state index in [1.807, 2.05) is 0 Å². The van der Waals surface area contributed by atoms with Crippen LogP contribution in [0.15, 0.2) is 11.6 Å². The molecule has 0 amide bonds. The highest BCUT2D eigenvalue weighted by Gasteiger charge is 2.29. The molecule has 1 rings (SSSR count). The lowest BCUT2D eigenvalue weighted by Gasteiger charge is -2.28. The van der Waals surface area contributed by atoms with E-state index in [2.05, 4.69) is 47.6 Å². The maximum atomic E-state index is 12.1. The van der Waals surface area contributed by atoms with E-state index in [1.54, 1.807) is 5.57 Å². The highest BCUT2D eigenvalue weighted by molar-refractivity contribution is 5.69. The minimum atomic E-state index is -0.0311. The molecule has 1 aliphatic rings. The van der Waals surface area contributed by atoms with Crippen LogP contribution in [0.1, 0.15) is 80.1 Å². The number of carbonyl (C=O) groups is 1. The first-order valence-corrected chi connectivity index (χ1v) is 9.26. The van der Waals surface area contributed by atoms with E-state index in [9.17, 15) is 4.79 Å². The van der Waals surface area contributed by atoms with Gasteiger partial charge in [-0.3, -0.25) is 4.79 Å². The second-order valence-corrected chi connectivity index (χ2v) is 7.69. The van der Waals surface area contributed by atoms with Crippen LogP contribution in [0, 0.1) is 23.7 Å². The van der Waals surface area contributed by atoms with Crippen molar-refractivity contribution in [3.63, 3.8) is 0 Å². The first-order valence-electron chi connectivity index (χ1n) is 9.26. The molecule has 0 saturated heterocycles. The average molecular weight is 309 g/mol. The molecule has 22 heavy (non-hydrogen) atoms. The summed E-state index contributed by atoms with van der Waals surface area (Å²) in [7, 11) is 0.